The number of hydrogen-bond donors (Lipinski definition) is 1. The number of carbonyl (C=O) groups is 1. The SMILES string of the molecule is CC(C(=O)O)C1CN(c2ccc(C#N)c([N+](=O)[O-])c2)C1. The van der Waals surface area contributed by atoms with E-state index in [2.05, 4.69) is 0 Å². The molecule has 0 spiro atoms. The van der Waals surface area contributed by atoms with Crippen molar-refractivity contribution in [3.63, 3.8) is 0 Å². The second kappa shape index (κ2) is 5.17. The molecule has 0 aromatic heterocycles. The van der Waals surface area contributed by atoms with Crippen LogP contribution in [0.1, 0.15) is 12.5 Å². The molecule has 1 N–H and O–H groups in total. The standard InChI is InChI=1S/C13H13N3O4/c1-8(13(17)18)10-6-15(7-10)11-3-2-9(5-14)12(4-11)16(19)20/h2-4,8,10H,6-7H2,1H3,(H,17,18). The monoisotopic (exact) mass is 275 g/mol. The largest absolute Gasteiger partial charge is 0.481 e. The number of nitrogens with zero attached hydrogens (tertiary/aromatic N) is 3. The zero-order chi connectivity index (χ0) is 14.9. The topological polar surface area (TPSA) is 107 Å². The Morgan fingerprint density at radius 3 is 2.75 bits per heavy atom. The molecule has 0 aliphatic carbocycles. The number of nitro groups is 1. The van der Waals surface area contributed by atoms with Crippen LogP contribution in [0.3, 0.4) is 0 Å². The highest BCUT2D eigenvalue weighted by molar-refractivity contribution is 5.71. The smallest absolute Gasteiger partial charge is 0.306 e. The van der Waals surface area contributed by atoms with Gasteiger partial charge in [0.1, 0.15) is 11.6 Å². The fraction of sp³-hybridized carbons (Fsp3) is 0.385. The van der Waals surface area contributed by atoms with Crippen molar-refractivity contribution >= 4 is 17.3 Å². The Morgan fingerprint density at radius 2 is 2.25 bits per heavy atom. The molecule has 1 aliphatic heterocycles. The summed E-state index contributed by atoms with van der Waals surface area (Å²) in [6.45, 7) is 2.76. The van der Waals surface area contributed by atoms with E-state index in [0.29, 0.717) is 18.8 Å². The van der Waals surface area contributed by atoms with Crippen LogP contribution in [0.4, 0.5) is 11.4 Å². The number of nitro benzene ring substituents is 1. The maximum absolute atomic E-state index is 10.9. The lowest BCUT2D eigenvalue weighted by atomic mass is 9.86. The maximum Gasteiger partial charge on any atom is 0.306 e. The molecule has 2 rings (SSSR count). The van der Waals surface area contributed by atoms with Crippen LogP contribution in [-0.2, 0) is 4.79 Å². The minimum Gasteiger partial charge on any atom is -0.481 e. The van der Waals surface area contributed by atoms with Crippen LogP contribution in [0.15, 0.2) is 18.2 Å². The number of rotatable bonds is 4. The summed E-state index contributed by atoms with van der Waals surface area (Å²) in [6, 6.07) is 6.21. The summed E-state index contributed by atoms with van der Waals surface area (Å²) in [6.07, 6.45) is 0. The van der Waals surface area contributed by atoms with Gasteiger partial charge in [-0.15, -0.1) is 0 Å². The molecule has 1 atom stereocenters. The van der Waals surface area contributed by atoms with E-state index in [0.717, 1.165) is 0 Å². The van der Waals surface area contributed by atoms with Crippen LogP contribution < -0.4 is 4.90 Å². The number of carboxylic acids is 1. The van der Waals surface area contributed by atoms with Crippen LogP contribution in [0.25, 0.3) is 0 Å². The Balaban J connectivity index is 2.13. The summed E-state index contributed by atoms with van der Waals surface area (Å²) in [5, 5.41) is 28.6. The predicted octanol–water partition coefficient (Wildman–Crippen LogP) is 1.62. The number of benzene rings is 1. The summed E-state index contributed by atoms with van der Waals surface area (Å²) >= 11 is 0. The van der Waals surface area contributed by atoms with Gasteiger partial charge in [-0.1, -0.05) is 6.92 Å². The van der Waals surface area contributed by atoms with Crippen LogP contribution in [0.5, 0.6) is 0 Å². The summed E-state index contributed by atoms with van der Waals surface area (Å²) < 4.78 is 0. The van der Waals surface area contributed by atoms with E-state index >= 15 is 0 Å². The van der Waals surface area contributed by atoms with Gasteiger partial charge in [0.2, 0.25) is 0 Å². The molecule has 1 unspecified atom stereocenters. The van der Waals surface area contributed by atoms with Crippen molar-refractivity contribution in [2.75, 3.05) is 18.0 Å². The second-order valence-electron chi connectivity index (χ2n) is 4.86. The first-order valence-electron chi connectivity index (χ1n) is 6.10. The molecule has 0 amide bonds. The van der Waals surface area contributed by atoms with Crippen molar-refractivity contribution in [2.24, 2.45) is 11.8 Å². The molecule has 1 aliphatic rings. The molecular weight excluding hydrogens is 262 g/mol. The quantitative estimate of drug-likeness (QED) is 0.660. The third-order valence-electron chi connectivity index (χ3n) is 3.67. The molecule has 0 saturated carbocycles. The molecule has 0 radical (unpaired) electrons. The van der Waals surface area contributed by atoms with E-state index < -0.39 is 16.8 Å². The minimum atomic E-state index is -0.833. The van der Waals surface area contributed by atoms with Crippen LogP contribution in [-0.4, -0.2) is 29.1 Å². The summed E-state index contributed by atoms with van der Waals surface area (Å²) in [5.74, 6) is -1.22. The minimum absolute atomic E-state index is 0.0229. The third kappa shape index (κ3) is 2.40. The average molecular weight is 275 g/mol. The predicted molar refractivity (Wildman–Crippen MR) is 70.3 cm³/mol. The zero-order valence-corrected chi connectivity index (χ0v) is 10.8. The van der Waals surface area contributed by atoms with Crippen molar-refractivity contribution in [3.8, 4) is 6.07 Å². The first-order valence-corrected chi connectivity index (χ1v) is 6.10. The van der Waals surface area contributed by atoms with Crippen molar-refractivity contribution in [1.29, 1.82) is 5.26 Å². The van der Waals surface area contributed by atoms with Gasteiger partial charge < -0.3 is 10.0 Å². The van der Waals surface area contributed by atoms with Gasteiger partial charge in [0.25, 0.3) is 5.69 Å². The molecule has 104 valence electrons. The van der Waals surface area contributed by atoms with Gasteiger partial charge in [-0.3, -0.25) is 14.9 Å². The number of hydrogen-bond acceptors (Lipinski definition) is 5. The fourth-order valence-electron chi connectivity index (χ4n) is 2.20. The Kier molecular flexibility index (Phi) is 3.57. The molecule has 1 saturated heterocycles. The van der Waals surface area contributed by atoms with Gasteiger partial charge in [0.15, 0.2) is 0 Å². The lowest BCUT2D eigenvalue weighted by Gasteiger charge is -2.42. The van der Waals surface area contributed by atoms with E-state index in [1.54, 1.807) is 19.1 Å². The highest BCUT2D eigenvalue weighted by Crippen LogP contribution is 2.32. The van der Waals surface area contributed by atoms with E-state index in [9.17, 15) is 14.9 Å². The lowest BCUT2D eigenvalue weighted by Crippen LogP contribution is -2.51. The molecule has 1 fully saturated rings. The van der Waals surface area contributed by atoms with Crippen molar-refractivity contribution in [2.45, 2.75) is 6.92 Å². The molecule has 7 nitrogen and oxygen atoms in total. The van der Waals surface area contributed by atoms with E-state index in [-0.39, 0.29) is 17.2 Å². The number of aliphatic carboxylic acids is 1. The molecule has 1 aromatic carbocycles. The molecule has 0 bridgehead atoms. The molecule has 1 heterocycles. The van der Waals surface area contributed by atoms with Crippen LogP contribution in [0, 0.1) is 33.3 Å². The zero-order valence-electron chi connectivity index (χ0n) is 10.8. The fourth-order valence-corrected chi connectivity index (χ4v) is 2.20. The van der Waals surface area contributed by atoms with Crippen LogP contribution in [0.2, 0.25) is 0 Å². The summed E-state index contributed by atoms with van der Waals surface area (Å²) in [4.78, 5) is 23.0. The van der Waals surface area contributed by atoms with Crippen molar-refractivity contribution in [1.82, 2.24) is 0 Å². The second-order valence-corrected chi connectivity index (χ2v) is 4.86. The van der Waals surface area contributed by atoms with Crippen LogP contribution >= 0.6 is 0 Å². The van der Waals surface area contributed by atoms with E-state index in [1.165, 1.54) is 12.1 Å². The Bertz CT molecular complexity index is 602. The Labute approximate surface area is 115 Å². The molecule has 1 aromatic rings. The number of anilines is 1. The maximum atomic E-state index is 10.9. The lowest BCUT2D eigenvalue weighted by molar-refractivity contribution is -0.385. The normalized spacial score (nSPS) is 16.1. The van der Waals surface area contributed by atoms with Gasteiger partial charge in [-0.05, 0) is 12.1 Å². The van der Waals surface area contributed by atoms with Gasteiger partial charge >= 0.3 is 5.97 Å². The van der Waals surface area contributed by atoms with Gasteiger partial charge in [0, 0.05) is 30.8 Å². The highest BCUT2D eigenvalue weighted by atomic mass is 16.6. The Morgan fingerprint density at radius 1 is 1.60 bits per heavy atom. The first-order chi connectivity index (χ1) is 9.43. The third-order valence-corrected chi connectivity index (χ3v) is 3.67. The van der Waals surface area contributed by atoms with Crippen molar-refractivity contribution < 1.29 is 14.8 Å². The molecule has 7 heteroatoms. The van der Waals surface area contributed by atoms with E-state index in [4.69, 9.17) is 10.4 Å². The average Bonchev–Trinajstić information content (AvgIpc) is 2.36. The van der Waals surface area contributed by atoms with Crippen molar-refractivity contribution in [3.05, 3.63) is 33.9 Å². The highest BCUT2D eigenvalue weighted by Gasteiger charge is 2.35. The first kappa shape index (κ1) is 13.8. The summed E-state index contributed by atoms with van der Waals surface area (Å²) in [5.41, 5.74) is 0.444. The van der Waals surface area contributed by atoms with Gasteiger partial charge in [-0.2, -0.15) is 5.26 Å². The molecular formula is C13H13N3O4. The number of carboxylic acid groups (broad SMARTS) is 1. The van der Waals surface area contributed by atoms with Gasteiger partial charge in [-0.25, -0.2) is 0 Å². The Hall–Kier alpha value is -2.62. The molecule has 20 heavy (non-hydrogen) atoms. The number of nitriles is 1. The summed E-state index contributed by atoms with van der Waals surface area (Å²) in [7, 11) is 0. The van der Waals surface area contributed by atoms with E-state index in [1.807, 2.05) is 4.90 Å². The van der Waals surface area contributed by atoms with Gasteiger partial charge in [0.05, 0.1) is 10.8 Å².